The van der Waals surface area contributed by atoms with Crippen molar-refractivity contribution in [3.05, 3.63) is 47.5 Å². The van der Waals surface area contributed by atoms with Crippen molar-refractivity contribution in [2.24, 2.45) is 17.3 Å². The molecule has 1 aromatic carbocycles. The zero-order valence-electron chi connectivity index (χ0n) is 21.6. The average Bonchev–Trinajstić information content (AvgIpc) is 2.87. The second kappa shape index (κ2) is 10.6. The molecule has 1 aliphatic heterocycles. The van der Waals surface area contributed by atoms with Gasteiger partial charge in [-0.15, -0.1) is 0 Å². The summed E-state index contributed by atoms with van der Waals surface area (Å²) in [5.41, 5.74) is 2.99. The van der Waals surface area contributed by atoms with Gasteiger partial charge in [0.1, 0.15) is 0 Å². The molecular formula is C29H43N3O2. The maximum absolute atomic E-state index is 13.2. The van der Waals surface area contributed by atoms with Gasteiger partial charge in [-0.2, -0.15) is 0 Å². The minimum atomic E-state index is -0.0514. The molecule has 1 aromatic rings. The summed E-state index contributed by atoms with van der Waals surface area (Å²) in [6.45, 7) is 14.6. The molecule has 0 aromatic heterocycles. The van der Waals surface area contributed by atoms with Gasteiger partial charge in [0.25, 0.3) is 0 Å². The van der Waals surface area contributed by atoms with E-state index in [2.05, 4.69) is 48.8 Å². The molecule has 1 saturated carbocycles. The van der Waals surface area contributed by atoms with E-state index < -0.39 is 0 Å². The smallest absolute Gasteiger partial charge is 0.230 e. The molecule has 1 saturated heterocycles. The van der Waals surface area contributed by atoms with Crippen LogP contribution in [-0.4, -0.2) is 72.3 Å². The molecule has 2 amide bonds. The van der Waals surface area contributed by atoms with Gasteiger partial charge in [-0.3, -0.25) is 14.5 Å². The van der Waals surface area contributed by atoms with Crippen LogP contribution in [0.4, 0.5) is 0 Å². The van der Waals surface area contributed by atoms with Gasteiger partial charge in [0, 0.05) is 52.2 Å². The van der Waals surface area contributed by atoms with Gasteiger partial charge in [0.2, 0.25) is 11.8 Å². The van der Waals surface area contributed by atoms with E-state index in [1.54, 1.807) is 0 Å². The fraction of sp³-hybridized carbons (Fsp3) is 0.655. The number of benzene rings is 1. The molecule has 2 bridgehead atoms. The Morgan fingerprint density at radius 2 is 1.79 bits per heavy atom. The van der Waals surface area contributed by atoms with E-state index in [0.717, 1.165) is 63.7 Å². The maximum atomic E-state index is 13.2. The first-order valence-corrected chi connectivity index (χ1v) is 13.4. The standard InChI is InChI=1S/C29H43N3O2/c1-5-25(22-10-8-7-9-11-22)28(34)31-17-14-30(15-18-31)16-19-32(27(33)6-2)21-23-12-13-24-20-26(23)29(24,3)4/h7-12,24-26H,5-6,13-21H2,1-4H3. The Balaban J connectivity index is 1.28. The lowest BCUT2D eigenvalue weighted by Crippen LogP contribution is -2.52. The third-order valence-corrected chi connectivity index (χ3v) is 8.89. The highest BCUT2D eigenvalue weighted by Crippen LogP contribution is 2.59. The van der Waals surface area contributed by atoms with Crippen molar-refractivity contribution >= 4 is 11.8 Å². The summed E-state index contributed by atoms with van der Waals surface area (Å²) in [6, 6.07) is 10.2. The number of carbonyl (C=O) groups is 2. The first-order valence-electron chi connectivity index (χ1n) is 13.4. The van der Waals surface area contributed by atoms with Crippen LogP contribution in [0.2, 0.25) is 0 Å². The lowest BCUT2D eigenvalue weighted by molar-refractivity contribution is -0.134. The third-order valence-electron chi connectivity index (χ3n) is 8.89. The van der Waals surface area contributed by atoms with Crippen molar-refractivity contribution in [1.29, 1.82) is 0 Å². The highest BCUT2D eigenvalue weighted by atomic mass is 16.2. The average molecular weight is 466 g/mol. The summed E-state index contributed by atoms with van der Waals surface area (Å²) in [7, 11) is 0. The van der Waals surface area contributed by atoms with E-state index in [-0.39, 0.29) is 17.7 Å². The van der Waals surface area contributed by atoms with E-state index in [0.29, 0.717) is 17.8 Å². The van der Waals surface area contributed by atoms with E-state index in [1.165, 1.54) is 18.4 Å². The van der Waals surface area contributed by atoms with Crippen molar-refractivity contribution in [3.8, 4) is 0 Å². The van der Waals surface area contributed by atoms with Crippen LogP contribution < -0.4 is 0 Å². The van der Waals surface area contributed by atoms with Gasteiger partial charge in [0.05, 0.1) is 5.92 Å². The fourth-order valence-electron chi connectivity index (χ4n) is 6.30. The van der Waals surface area contributed by atoms with Crippen LogP contribution in [0.15, 0.2) is 42.0 Å². The summed E-state index contributed by atoms with van der Waals surface area (Å²) in [5, 5.41) is 0. The Morgan fingerprint density at radius 1 is 1.09 bits per heavy atom. The largest absolute Gasteiger partial charge is 0.340 e. The Bertz CT molecular complexity index is 886. The van der Waals surface area contributed by atoms with E-state index >= 15 is 0 Å². The van der Waals surface area contributed by atoms with Crippen LogP contribution in [-0.2, 0) is 9.59 Å². The Morgan fingerprint density at radius 3 is 2.38 bits per heavy atom. The van der Waals surface area contributed by atoms with Gasteiger partial charge < -0.3 is 9.80 Å². The van der Waals surface area contributed by atoms with Gasteiger partial charge in [-0.05, 0) is 42.1 Å². The summed E-state index contributed by atoms with van der Waals surface area (Å²) >= 11 is 0. The number of fused-ring (bicyclic) bond motifs is 1. The lowest BCUT2D eigenvalue weighted by atomic mass is 9.49. The van der Waals surface area contributed by atoms with E-state index in [1.807, 2.05) is 30.0 Å². The quantitative estimate of drug-likeness (QED) is 0.503. The van der Waals surface area contributed by atoms with Crippen LogP contribution >= 0.6 is 0 Å². The summed E-state index contributed by atoms with van der Waals surface area (Å²) < 4.78 is 0. The summed E-state index contributed by atoms with van der Waals surface area (Å²) in [6.07, 6.45) is 6.27. The normalized spacial score (nSPS) is 24.7. The number of amides is 2. The SMILES string of the molecule is CCC(=O)N(CCN1CCN(C(=O)C(CC)c2ccccc2)CC1)CC1=CCC2CC1C2(C)C. The van der Waals surface area contributed by atoms with Crippen LogP contribution in [0.5, 0.6) is 0 Å². The first kappa shape index (κ1) is 25.0. The van der Waals surface area contributed by atoms with E-state index in [4.69, 9.17) is 0 Å². The van der Waals surface area contributed by atoms with Crippen LogP contribution in [0.3, 0.4) is 0 Å². The molecule has 5 nitrogen and oxygen atoms in total. The molecule has 5 rings (SSSR count). The van der Waals surface area contributed by atoms with Gasteiger partial charge in [-0.1, -0.05) is 69.7 Å². The minimum absolute atomic E-state index is 0.0514. The molecule has 186 valence electrons. The number of rotatable bonds is 9. The van der Waals surface area contributed by atoms with Gasteiger partial charge in [0.15, 0.2) is 0 Å². The zero-order chi connectivity index (χ0) is 24.3. The number of hydrogen-bond donors (Lipinski definition) is 0. The maximum Gasteiger partial charge on any atom is 0.230 e. The van der Waals surface area contributed by atoms with Crippen molar-refractivity contribution < 1.29 is 9.59 Å². The van der Waals surface area contributed by atoms with Gasteiger partial charge >= 0.3 is 0 Å². The Hall–Kier alpha value is -2.14. The molecule has 0 spiro atoms. The predicted molar refractivity (Wildman–Crippen MR) is 137 cm³/mol. The van der Waals surface area contributed by atoms with Crippen molar-refractivity contribution in [1.82, 2.24) is 14.7 Å². The second-order valence-corrected chi connectivity index (χ2v) is 11.0. The van der Waals surface area contributed by atoms with Crippen LogP contribution in [0.1, 0.15) is 64.9 Å². The molecule has 34 heavy (non-hydrogen) atoms. The van der Waals surface area contributed by atoms with Crippen LogP contribution in [0.25, 0.3) is 0 Å². The monoisotopic (exact) mass is 465 g/mol. The van der Waals surface area contributed by atoms with Crippen LogP contribution in [0, 0.1) is 17.3 Å². The molecule has 4 aliphatic rings. The van der Waals surface area contributed by atoms with Crippen molar-refractivity contribution in [2.75, 3.05) is 45.8 Å². The number of piperazine rings is 1. The van der Waals surface area contributed by atoms with E-state index in [9.17, 15) is 9.59 Å². The van der Waals surface area contributed by atoms with Gasteiger partial charge in [-0.25, -0.2) is 0 Å². The van der Waals surface area contributed by atoms with Crippen molar-refractivity contribution in [2.45, 2.75) is 59.3 Å². The molecule has 0 radical (unpaired) electrons. The molecule has 1 heterocycles. The molecule has 3 unspecified atom stereocenters. The first-order chi connectivity index (χ1) is 16.3. The fourth-order valence-corrected chi connectivity index (χ4v) is 6.30. The molecular weight excluding hydrogens is 422 g/mol. The molecule has 0 N–H and O–H groups in total. The minimum Gasteiger partial charge on any atom is -0.340 e. The zero-order valence-corrected chi connectivity index (χ0v) is 21.6. The summed E-state index contributed by atoms with van der Waals surface area (Å²) in [5.74, 6) is 1.92. The highest BCUT2D eigenvalue weighted by Gasteiger charge is 2.51. The number of hydrogen-bond acceptors (Lipinski definition) is 3. The number of nitrogens with zero attached hydrogens (tertiary/aromatic N) is 3. The Labute approximate surface area is 206 Å². The molecule has 2 fully saturated rings. The third kappa shape index (κ3) is 5.10. The Kier molecular flexibility index (Phi) is 7.81. The predicted octanol–water partition coefficient (Wildman–Crippen LogP) is 4.56. The number of carbonyl (C=O) groups excluding carboxylic acids is 2. The summed E-state index contributed by atoms with van der Waals surface area (Å²) in [4.78, 5) is 32.5. The highest BCUT2D eigenvalue weighted by molar-refractivity contribution is 5.83. The molecule has 3 aliphatic carbocycles. The molecule has 5 heteroatoms. The second-order valence-electron chi connectivity index (χ2n) is 11.0. The lowest BCUT2D eigenvalue weighted by Gasteiger charge is -2.57. The van der Waals surface area contributed by atoms with Crippen molar-refractivity contribution in [3.63, 3.8) is 0 Å². The number of allylic oxidation sites excluding steroid dienone is 1. The topological polar surface area (TPSA) is 43.9 Å². The molecule has 3 atom stereocenters.